The number of carbonyl (C=O) groups excluding carboxylic acids is 1. The summed E-state index contributed by atoms with van der Waals surface area (Å²) in [7, 11) is 1.87. The third kappa shape index (κ3) is 2.52. The Bertz CT molecular complexity index is 890. The number of carbonyl (C=O) groups is 1. The molecule has 3 aliphatic rings. The normalized spacial score (nSPS) is 22.4. The van der Waals surface area contributed by atoms with E-state index in [2.05, 4.69) is 46.2 Å². The van der Waals surface area contributed by atoms with Crippen LogP contribution in [0.1, 0.15) is 38.2 Å². The second-order valence-corrected chi connectivity index (χ2v) is 7.96. The molecule has 0 radical (unpaired) electrons. The number of hydrogen-bond acceptors (Lipinski definition) is 4. The van der Waals surface area contributed by atoms with E-state index < -0.39 is 0 Å². The maximum atomic E-state index is 12.8. The first-order valence-corrected chi connectivity index (χ1v) is 10.1. The maximum absolute atomic E-state index is 12.8. The lowest BCUT2D eigenvalue weighted by Crippen LogP contribution is -2.54. The molecule has 3 heterocycles. The number of fused-ring (bicyclic) bond motifs is 2. The Kier molecular flexibility index (Phi) is 3.85. The number of likely N-dealkylation sites (N-methyl/N-ethyl adjacent to an activating group) is 1. The summed E-state index contributed by atoms with van der Waals surface area (Å²) in [5.74, 6) is 2.12. The highest BCUT2D eigenvalue weighted by molar-refractivity contribution is 6.04. The Morgan fingerprint density at radius 2 is 1.81 bits per heavy atom. The summed E-state index contributed by atoms with van der Waals surface area (Å²) in [6.07, 6.45) is 5.84. The van der Waals surface area contributed by atoms with Crippen molar-refractivity contribution in [2.75, 3.05) is 28.3 Å². The number of hydrogen-bond donors (Lipinski definition) is 0. The predicted molar refractivity (Wildman–Crippen MR) is 109 cm³/mol. The van der Waals surface area contributed by atoms with Gasteiger partial charge >= 0.3 is 0 Å². The van der Waals surface area contributed by atoms with Crippen LogP contribution in [0.4, 0.5) is 23.0 Å². The maximum Gasteiger partial charge on any atom is 0.249 e. The molecule has 5 heteroatoms. The fourth-order valence-corrected chi connectivity index (χ4v) is 4.98. The Labute approximate surface area is 160 Å². The Morgan fingerprint density at radius 1 is 1.04 bits per heavy atom. The van der Waals surface area contributed by atoms with Crippen LogP contribution in [0.3, 0.4) is 0 Å². The zero-order chi connectivity index (χ0) is 18.5. The number of benzene rings is 1. The second-order valence-electron chi connectivity index (χ2n) is 7.96. The molecular formula is C22H26N4O. The van der Waals surface area contributed by atoms with Gasteiger partial charge in [-0.1, -0.05) is 31.0 Å². The summed E-state index contributed by atoms with van der Waals surface area (Å²) in [6.45, 7) is 2.98. The summed E-state index contributed by atoms with van der Waals surface area (Å²) >= 11 is 0. The first-order chi connectivity index (χ1) is 13.1. The summed E-state index contributed by atoms with van der Waals surface area (Å²) in [4.78, 5) is 24.3. The Morgan fingerprint density at radius 3 is 2.63 bits per heavy atom. The molecule has 2 aromatic rings. The van der Waals surface area contributed by atoms with Crippen LogP contribution >= 0.6 is 0 Å². The second kappa shape index (κ2) is 6.25. The van der Waals surface area contributed by atoms with Gasteiger partial charge in [0.05, 0.1) is 5.69 Å². The number of nitrogens with zero attached hydrogens (tertiary/aromatic N) is 4. The highest BCUT2D eigenvalue weighted by Crippen LogP contribution is 2.41. The number of para-hydroxylation sites is 1. The standard InChI is InChI=1S/C22H26N4O/c1-15-22(27)24(2)19-11-12-20(23-21(19)26(15)17-8-4-5-9-17)25-14-13-16-7-3-6-10-18(16)25/h3,6-7,10-12,15,17H,4-5,8-9,13-14H2,1-2H3/t15-/m1/s1. The van der Waals surface area contributed by atoms with Gasteiger partial charge in [0.1, 0.15) is 11.9 Å². The van der Waals surface area contributed by atoms with Gasteiger partial charge in [0.15, 0.2) is 5.82 Å². The van der Waals surface area contributed by atoms with Crippen molar-refractivity contribution in [1.29, 1.82) is 0 Å². The minimum Gasteiger partial charge on any atom is -0.340 e. The molecule has 1 fully saturated rings. The van der Waals surface area contributed by atoms with E-state index in [0.717, 1.165) is 43.1 Å². The van der Waals surface area contributed by atoms with Crippen molar-refractivity contribution in [3.05, 3.63) is 42.0 Å². The van der Waals surface area contributed by atoms with Crippen LogP contribution in [-0.2, 0) is 11.2 Å². The van der Waals surface area contributed by atoms with E-state index in [4.69, 9.17) is 4.98 Å². The number of aromatic nitrogens is 1. The first-order valence-electron chi connectivity index (χ1n) is 10.1. The van der Waals surface area contributed by atoms with Gasteiger partial charge in [-0.05, 0) is 49.9 Å². The van der Waals surface area contributed by atoms with E-state index in [1.165, 1.54) is 24.1 Å². The minimum absolute atomic E-state index is 0.154. The summed E-state index contributed by atoms with van der Waals surface area (Å²) in [6, 6.07) is 13.0. The van der Waals surface area contributed by atoms with Crippen LogP contribution in [0.2, 0.25) is 0 Å². The highest BCUT2D eigenvalue weighted by atomic mass is 16.2. The van der Waals surface area contributed by atoms with Gasteiger partial charge in [0, 0.05) is 25.3 Å². The van der Waals surface area contributed by atoms with E-state index in [-0.39, 0.29) is 11.9 Å². The average molecular weight is 362 g/mol. The lowest BCUT2D eigenvalue weighted by molar-refractivity contribution is -0.119. The molecule has 0 N–H and O–H groups in total. The third-order valence-electron chi connectivity index (χ3n) is 6.43. The van der Waals surface area contributed by atoms with Crippen LogP contribution in [-0.4, -0.2) is 36.6 Å². The zero-order valence-electron chi connectivity index (χ0n) is 16.1. The number of rotatable bonds is 2. The van der Waals surface area contributed by atoms with Crippen molar-refractivity contribution < 1.29 is 4.79 Å². The molecule has 0 unspecified atom stereocenters. The lowest BCUT2D eigenvalue weighted by Gasteiger charge is -2.43. The average Bonchev–Trinajstić information content (AvgIpc) is 3.36. The molecule has 5 nitrogen and oxygen atoms in total. The third-order valence-corrected chi connectivity index (χ3v) is 6.43. The SMILES string of the molecule is C[C@@H]1C(=O)N(C)c2ccc(N3CCc4ccccc43)nc2N1C1CCCC1. The van der Waals surface area contributed by atoms with Crippen molar-refractivity contribution in [3.8, 4) is 0 Å². The largest absolute Gasteiger partial charge is 0.340 e. The van der Waals surface area contributed by atoms with Crippen LogP contribution < -0.4 is 14.7 Å². The fraction of sp³-hybridized carbons (Fsp3) is 0.455. The molecule has 0 saturated heterocycles. The van der Waals surface area contributed by atoms with E-state index in [1.54, 1.807) is 4.90 Å². The van der Waals surface area contributed by atoms with Crippen molar-refractivity contribution in [1.82, 2.24) is 4.98 Å². The van der Waals surface area contributed by atoms with Crippen LogP contribution in [0.5, 0.6) is 0 Å². The molecule has 1 aromatic carbocycles. The molecule has 27 heavy (non-hydrogen) atoms. The molecule has 1 aromatic heterocycles. The number of anilines is 4. The van der Waals surface area contributed by atoms with E-state index in [9.17, 15) is 4.79 Å². The molecule has 0 bridgehead atoms. The zero-order valence-corrected chi connectivity index (χ0v) is 16.1. The Balaban J connectivity index is 1.59. The lowest BCUT2D eigenvalue weighted by atomic mass is 10.1. The molecule has 5 rings (SSSR count). The van der Waals surface area contributed by atoms with Crippen molar-refractivity contribution in [2.45, 2.75) is 51.1 Å². The van der Waals surface area contributed by atoms with Gasteiger partial charge in [-0.25, -0.2) is 4.98 Å². The summed E-state index contributed by atoms with van der Waals surface area (Å²) < 4.78 is 0. The van der Waals surface area contributed by atoms with Crippen molar-refractivity contribution in [3.63, 3.8) is 0 Å². The summed E-state index contributed by atoms with van der Waals surface area (Å²) in [5, 5.41) is 0. The molecule has 140 valence electrons. The van der Waals surface area contributed by atoms with Gasteiger partial charge in [-0.3, -0.25) is 4.79 Å². The minimum atomic E-state index is -0.154. The van der Waals surface area contributed by atoms with Gasteiger partial charge in [-0.2, -0.15) is 0 Å². The van der Waals surface area contributed by atoms with E-state index in [0.29, 0.717) is 6.04 Å². The Hall–Kier alpha value is -2.56. The van der Waals surface area contributed by atoms with E-state index in [1.807, 2.05) is 14.0 Å². The molecular weight excluding hydrogens is 336 g/mol. The first kappa shape index (κ1) is 16.6. The van der Waals surface area contributed by atoms with E-state index >= 15 is 0 Å². The smallest absolute Gasteiger partial charge is 0.249 e. The van der Waals surface area contributed by atoms with Gasteiger partial charge in [-0.15, -0.1) is 0 Å². The number of amides is 1. The fourth-order valence-electron chi connectivity index (χ4n) is 4.98. The molecule has 0 spiro atoms. The molecule has 1 aliphatic carbocycles. The van der Waals surface area contributed by atoms with Gasteiger partial charge < -0.3 is 14.7 Å². The van der Waals surface area contributed by atoms with Gasteiger partial charge in [0.2, 0.25) is 5.91 Å². The van der Waals surface area contributed by atoms with Crippen molar-refractivity contribution >= 4 is 28.9 Å². The topological polar surface area (TPSA) is 39.7 Å². The molecule has 1 atom stereocenters. The van der Waals surface area contributed by atoms with Crippen molar-refractivity contribution in [2.24, 2.45) is 0 Å². The molecule has 1 saturated carbocycles. The monoisotopic (exact) mass is 362 g/mol. The predicted octanol–water partition coefficient (Wildman–Crippen LogP) is 3.89. The van der Waals surface area contributed by atoms with Gasteiger partial charge in [0.25, 0.3) is 0 Å². The number of pyridine rings is 1. The molecule has 2 aliphatic heterocycles. The highest BCUT2D eigenvalue weighted by Gasteiger charge is 2.39. The van der Waals surface area contributed by atoms with Crippen LogP contribution in [0.25, 0.3) is 0 Å². The molecule has 1 amide bonds. The van der Waals surface area contributed by atoms with Crippen LogP contribution in [0.15, 0.2) is 36.4 Å². The summed E-state index contributed by atoms with van der Waals surface area (Å²) in [5.41, 5.74) is 3.57. The quantitative estimate of drug-likeness (QED) is 0.813. The van der Waals surface area contributed by atoms with Crippen LogP contribution in [0, 0.1) is 0 Å².